The Morgan fingerprint density at radius 3 is 2.65 bits per heavy atom. The third-order valence-electron chi connectivity index (χ3n) is 9.82. The van der Waals surface area contributed by atoms with E-state index in [1.165, 1.54) is 31.4 Å². The third kappa shape index (κ3) is 3.52. The Morgan fingerprint density at radius 1 is 1.11 bits per heavy atom. The van der Waals surface area contributed by atoms with E-state index in [4.69, 9.17) is 9.15 Å². The molecule has 5 unspecified atom stereocenters. The summed E-state index contributed by atoms with van der Waals surface area (Å²) in [5.41, 5.74) is 0.447. The number of rotatable bonds is 4. The summed E-state index contributed by atoms with van der Waals surface area (Å²) in [6.07, 6.45) is 1.89. The number of benzene rings is 1. The Labute approximate surface area is 211 Å². The van der Waals surface area contributed by atoms with E-state index in [9.17, 15) is 18.0 Å². The number of urea groups is 1. The number of aromatic nitrogens is 2. The van der Waals surface area contributed by atoms with E-state index < -0.39 is 23.8 Å². The van der Waals surface area contributed by atoms with Gasteiger partial charge in [-0.15, -0.1) is 10.2 Å². The number of ether oxygens (including phenoxy) is 1. The SMILES string of the molecule is O=C(N1CCOCC1)N(Cc1ccc(-c2nnc(C(F)(F)F)o2)cc1F)C12CC3CC4CC(C1)C4(C3)C2. The minimum absolute atomic E-state index is 0.0600. The lowest BCUT2D eigenvalue weighted by Crippen LogP contribution is -2.58. The van der Waals surface area contributed by atoms with Gasteiger partial charge < -0.3 is 19.0 Å². The first-order valence-electron chi connectivity index (χ1n) is 13.0. The summed E-state index contributed by atoms with van der Waals surface area (Å²) in [5.74, 6) is -0.486. The predicted octanol–water partition coefficient (Wildman–Crippen LogP) is 5.12. The minimum atomic E-state index is -4.78. The maximum Gasteiger partial charge on any atom is 0.470 e. The van der Waals surface area contributed by atoms with Crippen molar-refractivity contribution in [2.45, 2.75) is 56.8 Å². The van der Waals surface area contributed by atoms with Gasteiger partial charge >= 0.3 is 18.1 Å². The molecule has 11 heteroatoms. The highest BCUT2D eigenvalue weighted by molar-refractivity contribution is 5.76. The number of amides is 2. The molecule has 0 radical (unpaired) electrons. The molecule has 0 N–H and O–H groups in total. The van der Waals surface area contributed by atoms with Crippen LogP contribution in [0.5, 0.6) is 0 Å². The lowest BCUT2D eigenvalue weighted by Gasteiger charge is -2.50. The highest BCUT2D eigenvalue weighted by Gasteiger charge is 2.72. The number of fused-ring (bicyclic) bond motifs is 2. The Bertz CT molecular complexity index is 1240. The van der Waals surface area contributed by atoms with Crippen LogP contribution in [0.15, 0.2) is 22.6 Å². The van der Waals surface area contributed by atoms with Crippen molar-refractivity contribution >= 4 is 6.03 Å². The van der Waals surface area contributed by atoms with Crippen LogP contribution >= 0.6 is 0 Å². The normalized spacial score (nSPS) is 33.9. The lowest BCUT2D eigenvalue weighted by molar-refractivity contribution is -0.156. The second kappa shape index (κ2) is 7.91. The van der Waals surface area contributed by atoms with Crippen molar-refractivity contribution in [1.82, 2.24) is 20.0 Å². The maximum absolute atomic E-state index is 15.4. The average Bonchev–Trinajstić information content (AvgIpc) is 3.49. The van der Waals surface area contributed by atoms with Gasteiger partial charge in [0, 0.05) is 29.8 Å². The van der Waals surface area contributed by atoms with Gasteiger partial charge in [-0.3, -0.25) is 0 Å². The zero-order valence-electron chi connectivity index (χ0n) is 20.3. The molecular weight excluding hydrogens is 492 g/mol. The van der Waals surface area contributed by atoms with E-state index in [0.29, 0.717) is 49.1 Å². The largest absolute Gasteiger partial charge is 0.470 e. The van der Waals surface area contributed by atoms with E-state index in [-0.39, 0.29) is 23.7 Å². The molecule has 1 aromatic carbocycles. The molecule has 198 valence electrons. The topological polar surface area (TPSA) is 71.7 Å². The van der Waals surface area contributed by atoms with Crippen LogP contribution in [-0.4, -0.2) is 57.9 Å². The number of hydrogen-bond acceptors (Lipinski definition) is 5. The van der Waals surface area contributed by atoms with Crippen LogP contribution in [-0.2, 0) is 17.5 Å². The molecule has 5 fully saturated rings. The van der Waals surface area contributed by atoms with E-state index >= 15 is 4.39 Å². The van der Waals surface area contributed by atoms with Crippen LogP contribution in [0.3, 0.4) is 0 Å². The Kier molecular flexibility index (Phi) is 5.01. The molecule has 4 aliphatic carbocycles. The molecule has 2 aromatic rings. The van der Waals surface area contributed by atoms with Gasteiger partial charge in [0.15, 0.2) is 0 Å². The van der Waals surface area contributed by atoms with E-state index in [1.807, 2.05) is 9.80 Å². The second-order valence-electron chi connectivity index (χ2n) is 11.7. The summed E-state index contributed by atoms with van der Waals surface area (Å²) in [6.45, 7) is 2.09. The lowest BCUT2D eigenvalue weighted by atomic mass is 9.56. The first kappa shape index (κ1) is 23.4. The summed E-state index contributed by atoms with van der Waals surface area (Å²) in [6, 6.07) is 4.02. The Hall–Kier alpha value is -2.69. The summed E-state index contributed by atoms with van der Waals surface area (Å²) in [5, 5.41) is 6.45. The van der Waals surface area contributed by atoms with Crippen LogP contribution in [0, 0.1) is 29.0 Å². The molecule has 1 aliphatic heterocycles. The van der Waals surface area contributed by atoms with Crippen molar-refractivity contribution in [1.29, 1.82) is 0 Å². The number of hydrogen-bond donors (Lipinski definition) is 0. The molecule has 2 heterocycles. The predicted molar refractivity (Wildman–Crippen MR) is 121 cm³/mol. The fraction of sp³-hybridized carbons (Fsp3) is 0.654. The van der Waals surface area contributed by atoms with Crippen LogP contribution < -0.4 is 0 Å². The van der Waals surface area contributed by atoms with Crippen molar-refractivity contribution in [2.75, 3.05) is 26.3 Å². The van der Waals surface area contributed by atoms with Crippen LogP contribution in [0.25, 0.3) is 11.5 Å². The first-order chi connectivity index (χ1) is 17.7. The average molecular weight is 521 g/mol. The number of carbonyl (C=O) groups is 1. The zero-order chi connectivity index (χ0) is 25.6. The summed E-state index contributed by atoms with van der Waals surface area (Å²) < 4.78 is 64.1. The standard InChI is InChI=1S/C26H28F4N4O3/c27-20-8-16(21-31-32-22(37-21)26(28,29)30)1-2-17(20)13-34(23(35)33-3-5-36-6-4-33)24-10-15-7-18-9-19(12-24)25(18,11-15)14-24/h1-2,8,15,18-19H,3-7,9-14H2. The fourth-order valence-corrected chi connectivity index (χ4v) is 8.43. The van der Waals surface area contributed by atoms with E-state index in [2.05, 4.69) is 10.2 Å². The monoisotopic (exact) mass is 520 g/mol. The fourth-order valence-electron chi connectivity index (χ4n) is 8.43. The van der Waals surface area contributed by atoms with Gasteiger partial charge in [-0.25, -0.2) is 9.18 Å². The highest BCUT2D eigenvalue weighted by atomic mass is 19.4. The molecule has 1 spiro atoms. The minimum Gasteiger partial charge on any atom is -0.413 e. The number of nitrogens with zero attached hydrogens (tertiary/aromatic N) is 4. The summed E-state index contributed by atoms with van der Waals surface area (Å²) in [4.78, 5) is 17.7. The summed E-state index contributed by atoms with van der Waals surface area (Å²) in [7, 11) is 0. The molecule has 1 saturated heterocycles. The quantitative estimate of drug-likeness (QED) is 0.524. The third-order valence-corrected chi connectivity index (χ3v) is 9.82. The molecule has 37 heavy (non-hydrogen) atoms. The van der Waals surface area contributed by atoms with Crippen LogP contribution in [0.4, 0.5) is 22.4 Å². The van der Waals surface area contributed by atoms with Gasteiger partial charge in [0.25, 0.3) is 0 Å². The molecule has 3 bridgehead atoms. The van der Waals surface area contributed by atoms with Crippen molar-refractivity contribution < 1.29 is 31.5 Å². The van der Waals surface area contributed by atoms with Gasteiger partial charge in [-0.05, 0) is 73.8 Å². The molecule has 7 nitrogen and oxygen atoms in total. The Morgan fingerprint density at radius 2 is 1.92 bits per heavy atom. The number of morpholine rings is 1. The van der Waals surface area contributed by atoms with Crippen LogP contribution in [0.1, 0.15) is 50.0 Å². The molecule has 5 aliphatic rings. The van der Waals surface area contributed by atoms with E-state index in [0.717, 1.165) is 31.2 Å². The number of halogens is 4. The van der Waals surface area contributed by atoms with Gasteiger partial charge in [0.1, 0.15) is 5.82 Å². The first-order valence-corrected chi connectivity index (χ1v) is 13.0. The van der Waals surface area contributed by atoms with E-state index in [1.54, 1.807) is 0 Å². The highest BCUT2D eigenvalue weighted by Crippen LogP contribution is 2.77. The van der Waals surface area contributed by atoms with Crippen molar-refractivity contribution in [3.63, 3.8) is 0 Å². The van der Waals surface area contributed by atoms with Crippen molar-refractivity contribution in [3.8, 4) is 11.5 Å². The zero-order valence-corrected chi connectivity index (χ0v) is 20.3. The molecular formula is C26H28F4N4O3. The molecule has 7 rings (SSSR count). The van der Waals surface area contributed by atoms with Gasteiger partial charge in [0.2, 0.25) is 5.89 Å². The maximum atomic E-state index is 15.4. The van der Waals surface area contributed by atoms with Gasteiger partial charge in [-0.1, -0.05) is 6.07 Å². The van der Waals surface area contributed by atoms with Gasteiger partial charge in [0.05, 0.1) is 19.8 Å². The number of carbonyl (C=O) groups excluding carboxylic acids is 1. The molecule has 2 amide bonds. The molecule has 5 atom stereocenters. The van der Waals surface area contributed by atoms with Crippen molar-refractivity contribution in [2.24, 2.45) is 23.2 Å². The summed E-state index contributed by atoms with van der Waals surface area (Å²) >= 11 is 0. The second-order valence-corrected chi connectivity index (χ2v) is 11.7. The number of alkyl halides is 3. The smallest absolute Gasteiger partial charge is 0.413 e. The van der Waals surface area contributed by atoms with Crippen LogP contribution in [0.2, 0.25) is 0 Å². The van der Waals surface area contributed by atoms with Crippen molar-refractivity contribution in [3.05, 3.63) is 35.5 Å². The van der Waals surface area contributed by atoms with Gasteiger partial charge in [-0.2, -0.15) is 13.2 Å². The Balaban J connectivity index is 1.20. The molecule has 1 aromatic heterocycles. The molecule has 4 saturated carbocycles.